The number of carbonyl (C=O) groups excluding carboxylic acids is 3. The lowest BCUT2D eigenvalue weighted by Gasteiger charge is -2.21. The van der Waals surface area contributed by atoms with Crippen LogP contribution in [0, 0.1) is 5.41 Å². The van der Waals surface area contributed by atoms with Crippen molar-refractivity contribution >= 4 is 23.8 Å². The summed E-state index contributed by atoms with van der Waals surface area (Å²) in [5.74, 6) is -2.00. The van der Waals surface area contributed by atoms with Gasteiger partial charge in [0.05, 0.1) is 6.42 Å². The summed E-state index contributed by atoms with van der Waals surface area (Å²) in [6.07, 6.45) is -0.294. The highest BCUT2D eigenvalue weighted by atomic mass is 16.4. The number of rotatable bonds is 6. The third-order valence-corrected chi connectivity index (χ3v) is 2.51. The van der Waals surface area contributed by atoms with Gasteiger partial charge in [0.1, 0.15) is 6.04 Å². The Labute approximate surface area is 117 Å². The molecule has 0 spiro atoms. The number of carboxylic acid groups (broad SMARTS) is 1. The number of likely N-dealkylation sites (N-methyl/N-ethyl adjacent to an activating group) is 1. The van der Waals surface area contributed by atoms with Crippen molar-refractivity contribution in [3.63, 3.8) is 0 Å². The Morgan fingerprint density at radius 2 is 1.70 bits per heavy atom. The van der Waals surface area contributed by atoms with Crippen molar-refractivity contribution in [2.75, 3.05) is 7.05 Å². The van der Waals surface area contributed by atoms with Gasteiger partial charge < -0.3 is 15.7 Å². The molecule has 1 unspecified atom stereocenters. The quantitative estimate of drug-likeness (QED) is 0.540. The highest BCUT2D eigenvalue weighted by Gasteiger charge is 2.26. The van der Waals surface area contributed by atoms with E-state index in [4.69, 9.17) is 5.11 Å². The molecule has 0 saturated carbocycles. The molecule has 0 saturated heterocycles. The Bertz CT molecular complexity index is 406. The number of carboxylic acids is 1. The first kappa shape index (κ1) is 17.9. The van der Waals surface area contributed by atoms with Crippen LogP contribution in [-0.4, -0.2) is 42.0 Å². The Balaban J connectivity index is 4.30. The highest BCUT2D eigenvalue weighted by Crippen LogP contribution is 2.24. The van der Waals surface area contributed by atoms with Crippen molar-refractivity contribution in [1.82, 2.24) is 16.0 Å². The van der Waals surface area contributed by atoms with Gasteiger partial charge in [-0.2, -0.15) is 0 Å². The predicted octanol–water partition coefficient (Wildman–Crippen LogP) is -0.162. The second-order valence-electron chi connectivity index (χ2n) is 5.27. The zero-order chi connectivity index (χ0) is 15.9. The molecule has 114 valence electrons. The van der Waals surface area contributed by atoms with Gasteiger partial charge in [0.2, 0.25) is 11.8 Å². The molecule has 0 aliphatic heterocycles. The molecule has 0 aromatic rings. The maximum atomic E-state index is 11.6. The van der Waals surface area contributed by atoms with E-state index in [1.165, 1.54) is 14.0 Å². The molecule has 0 aliphatic rings. The lowest BCUT2D eigenvalue weighted by Crippen LogP contribution is -2.49. The number of imide groups is 1. The molecule has 0 heterocycles. The molecule has 0 rings (SSSR count). The van der Waals surface area contributed by atoms with E-state index in [2.05, 4.69) is 16.0 Å². The van der Waals surface area contributed by atoms with E-state index in [-0.39, 0.29) is 18.7 Å². The van der Waals surface area contributed by atoms with E-state index in [1.807, 2.05) is 0 Å². The van der Waals surface area contributed by atoms with Gasteiger partial charge in [-0.25, -0.2) is 4.79 Å². The van der Waals surface area contributed by atoms with Crippen LogP contribution < -0.4 is 16.0 Å². The Morgan fingerprint density at radius 3 is 2.15 bits per heavy atom. The molecule has 4 N–H and O–H groups in total. The zero-order valence-corrected chi connectivity index (χ0v) is 12.1. The molecule has 0 bridgehead atoms. The molecule has 0 aromatic heterocycles. The van der Waals surface area contributed by atoms with Gasteiger partial charge in [0, 0.05) is 13.5 Å². The number of aliphatic carboxylic acids is 1. The standard InChI is InChI=1S/C12H21N3O5/c1-7(10(19)13-4)14-11(20)15-8(16)5-12(2,3)6-9(17)18/h7H,5-6H2,1-4H3,(H,13,19)(H,17,18)(H2,14,15,16,20). The summed E-state index contributed by atoms with van der Waals surface area (Å²) in [6.45, 7) is 4.70. The Hall–Kier alpha value is -2.12. The SMILES string of the molecule is CNC(=O)C(C)NC(=O)NC(=O)CC(C)(C)CC(=O)O. The Morgan fingerprint density at radius 1 is 1.15 bits per heavy atom. The average molecular weight is 287 g/mol. The average Bonchev–Trinajstić information content (AvgIpc) is 2.24. The molecule has 0 aliphatic carbocycles. The summed E-state index contributed by atoms with van der Waals surface area (Å²) in [7, 11) is 1.43. The van der Waals surface area contributed by atoms with Crippen LogP contribution >= 0.6 is 0 Å². The minimum atomic E-state index is -1.01. The van der Waals surface area contributed by atoms with Crippen LogP contribution in [0.5, 0.6) is 0 Å². The van der Waals surface area contributed by atoms with Crippen molar-refractivity contribution in [3.05, 3.63) is 0 Å². The van der Waals surface area contributed by atoms with E-state index in [1.54, 1.807) is 13.8 Å². The van der Waals surface area contributed by atoms with E-state index in [9.17, 15) is 19.2 Å². The maximum absolute atomic E-state index is 11.6. The molecular weight excluding hydrogens is 266 g/mol. The monoisotopic (exact) mass is 287 g/mol. The lowest BCUT2D eigenvalue weighted by molar-refractivity contribution is -0.139. The first-order chi connectivity index (χ1) is 9.07. The largest absolute Gasteiger partial charge is 0.481 e. The number of hydrogen-bond donors (Lipinski definition) is 4. The smallest absolute Gasteiger partial charge is 0.322 e. The van der Waals surface area contributed by atoms with Crippen LogP contribution in [-0.2, 0) is 14.4 Å². The number of carbonyl (C=O) groups is 4. The Kier molecular flexibility index (Phi) is 6.67. The summed E-state index contributed by atoms with van der Waals surface area (Å²) in [5.41, 5.74) is -0.761. The minimum Gasteiger partial charge on any atom is -0.481 e. The number of amides is 4. The van der Waals surface area contributed by atoms with Crippen LogP contribution in [0.1, 0.15) is 33.6 Å². The van der Waals surface area contributed by atoms with Gasteiger partial charge in [-0.3, -0.25) is 19.7 Å². The fourth-order valence-corrected chi connectivity index (χ4v) is 1.59. The first-order valence-electron chi connectivity index (χ1n) is 6.11. The summed E-state index contributed by atoms with van der Waals surface area (Å²) >= 11 is 0. The van der Waals surface area contributed by atoms with Crippen LogP contribution in [0.2, 0.25) is 0 Å². The summed E-state index contributed by atoms with van der Waals surface area (Å²) in [4.78, 5) is 44.9. The molecule has 0 radical (unpaired) electrons. The fraction of sp³-hybridized carbons (Fsp3) is 0.667. The molecular formula is C12H21N3O5. The van der Waals surface area contributed by atoms with Crippen LogP contribution in [0.25, 0.3) is 0 Å². The fourth-order valence-electron chi connectivity index (χ4n) is 1.59. The van der Waals surface area contributed by atoms with Crippen molar-refractivity contribution < 1.29 is 24.3 Å². The minimum absolute atomic E-state index is 0.110. The number of urea groups is 1. The molecule has 8 heteroatoms. The van der Waals surface area contributed by atoms with Gasteiger partial charge in [-0.1, -0.05) is 13.8 Å². The van der Waals surface area contributed by atoms with Gasteiger partial charge >= 0.3 is 12.0 Å². The maximum Gasteiger partial charge on any atom is 0.322 e. The molecule has 1 atom stereocenters. The van der Waals surface area contributed by atoms with E-state index in [0.29, 0.717) is 0 Å². The van der Waals surface area contributed by atoms with Crippen molar-refractivity contribution in [3.8, 4) is 0 Å². The van der Waals surface area contributed by atoms with Crippen molar-refractivity contribution in [2.24, 2.45) is 5.41 Å². The number of hydrogen-bond acceptors (Lipinski definition) is 4. The van der Waals surface area contributed by atoms with E-state index < -0.39 is 29.4 Å². The van der Waals surface area contributed by atoms with Crippen molar-refractivity contribution in [2.45, 2.75) is 39.7 Å². The molecule has 8 nitrogen and oxygen atoms in total. The zero-order valence-electron chi connectivity index (χ0n) is 12.1. The molecule has 0 aromatic carbocycles. The predicted molar refractivity (Wildman–Crippen MR) is 70.9 cm³/mol. The van der Waals surface area contributed by atoms with Gasteiger partial charge in [0.25, 0.3) is 0 Å². The molecule has 4 amide bonds. The van der Waals surface area contributed by atoms with E-state index in [0.717, 1.165) is 0 Å². The number of nitrogens with one attached hydrogen (secondary N) is 3. The van der Waals surface area contributed by atoms with E-state index >= 15 is 0 Å². The summed E-state index contributed by atoms with van der Waals surface area (Å²) < 4.78 is 0. The molecule has 0 fully saturated rings. The highest BCUT2D eigenvalue weighted by molar-refractivity contribution is 5.96. The van der Waals surface area contributed by atoms with Crippen LogP contribution in [0.4, 0.5) is 4.79 Å². The lowest BCUT2D eigenvalue weighted by atomic mass is 9.85. The van der Waals surface area contributed by atoms with Gasteiger partial charge in [-0.05, 0) is 12.3 Å². The van der Waals surface area contributed by atoms with Crippen LogP contribution in [0.3, 0.4) is 0 Å². The van der Waals surface area contributed by atoms with Crippen molar-refractivity contribution in [1.29, 1.82) is 0 Å². The summed E-state index contributed by atoms with van der Waals surface area (Å²) in [6, 6.07) is -1.57. The topological polar surface area (TPSA) is 125 Å². The second kappa shape index (κ2) is 7.46. The summed E-state index contributed by atoms with van der Waals surface area (Å²) in [5, 5.41) is 15.4. The van der Waals surface area contributed by atoms with Gasteiger partial charge in [-0.15, -0.1) is 0 Å². The van der Waals surface area contributed by atoms with Crippen LogP contribution in [0.15, 0.2) is 0 Å². The molecule has 20 heavy (non-hydrogen) atoms. The first-order valence-corrected chi connectivity index (χ1v) is 6.11. The van der Waals surface area contributed by atoms with Gasteiger partial charge in [0.15, 0.2) is 0 Å². The normalized spacial score (nSPS) is 12.2. The second-order valence-corrected chi connectivity index (χ2v) is 5.27. The third kappa shape index (κ3) is 7.34. The third-order valence-electron chi connectivity index (χ3n) is 2.51.